The second-order valence-electron chi connectivity index (χ2n) is 12.9. The number of aliphatic hydroxyl groups is 2. The number of allylic oxidation sites excluding steroid dienone is 1. The van der Waals surface area contributed by atoms with Crippen molar-refractivity contribution in [2.75, 3.05) is 0 Å². The van der Waals surface area contributed by atoms with Gasteiger partial charge in [0.05, 0.1) is 11.7 Å². The van der Waals surface area contributed by atoms with Gasteiger partial charge in [0.1, 0.15) is 0 Å². The van der Waals surface area contributed by atoms with E-state index in [9.17, 15) is 10.2 Å². The van der Waals surface area contributed by atoms with Crippen molar-refractivity contribution < 1.29 is 10.2 Å². The molecule has 0 radical (unpaired) electrons. The molecule has 0 aromatic heterocycles. The molecule has 9 atom stereocenters. The minimum absolute atomic E-state index is 0.102. The summed E-state index contributed by atoms with van der Waals surface area (Å²) in [6, 6.07) is 0. The summed E-state index contributed by atoms with van der Waals surface area (Å²) in [7, 11) is 0. The molecule has 0 bridgehead atoms. The fraction of sp³-hybridized carbons (Fsp3) is 0.929. The molecule has 3 fully saturated rings. The monoisotopic (exact) mass is 416 g/mol. The Balaban J connectivity index is 1.49. The van der Waals surface area contributed by atoms with Crippen LogP contribution in [0.1, 0.15) is 106 Å². The van der Waals surface area contributed by atoms with Crippen molar-refractivity contribution in [2.45, 2.75) is 117 Å². The maximum atomic E-state index is 10.8. The van der Waals surface area contributed by atoms with Gasteiger partial charge in [0.15, 0.2) is 0 Å². The van der Waals surface area contributed by atoms with E-state index in [1.54, 1.807) is 5.57 Å². The average molecular weight is 417 g/mol. The lowest BCUT2D eigenvalue weighted by Gasteiger charge is -2.58. The highest BCUT2D eigenvalue weighted by atomic mass is 16.3. The summed E-state index contributed by atoms with van der Waals surface area (Å²) in [6.45, 7) is 14.0. The van der Waals surface area contributed by atoms with Crippen molar-refractivity contribution >= 4 is 0 Å². The molecule has 0 heterocycles. The van der Waals surface area contributed by atoms with Gasteiger partial charge in [-0.05, 0) is 117 Å². The van der Waals surface area contributed by atoms with Crippen LogP contribution in [0.25, 0.3) is 0 Å². The molecule has 0 spiro atoms. The molecule has 3 saturated carbocycles. The zero-order valence-corrected chi connectivity index (χ0v) is 20.6. The molecule has 2 nitrogen and oxygen atoms in total. The first-order valence-electron chi connectivity index (χ1n) is 13.1. The molecule has 1 unspecified atom stereocenters. The Kier molecular flexibility index (Phi) is 6.02. The first-order valence-corrected chi connectivity index (χ1v) is 13.1. The second-order valence-corrected chi connectivity index (χ2v) is 12.9. The highest BCUT2D eigenvalue weighted by Gasteiger charge is 2.59. The molecule has 0 aromatic carbocycles. The van der Waals surface area contributed by atoms with Crippen LogP contribution in [-0.2, 0) is 0 Å². The molecule has 4 rings (SSSR count). The zero-order chi connectivity index (χ0) is 21.9. The van der Waals surface area contributed by atoms with Crippen LogP contribution in [0.2, 0.25) is 0 Å². The third-order valence-corrected chi connectivity index (χ3v) is 11.2. The van der Waals surface area contributed by atoms with E-state index in [1.807, 2.05) is 6.92 Å². The predicted molar refractivity (Wildman–Crippen MR) is 125 cm³/mol. The SMILES string of the molecule is CC(C)C(C)(O)CC[C@@H](C)[C@H]1CC[C@H]2[C@@H]3CC=C4C[C@@H](O)CC[C@]4(C)[C@H]3CC[C@]12C. The van der Waals surface area contributed by atoms with E-state index in [0.29, 0.717) is 22.7 Å². The van der Waals surface area contributed by atoms with E-state index in [1.165, 1.54) is 38.5 Å². The van der Waals surface area contributed by atoms with Crippen molar-refractivity contribution in [2.24, 2.45) is 46.3 Å². The Labute approximate surface area is 185 Å². The van der Waals surface area contributed by atoms with E-state index in [2.05, 4.69) is 40.7 Å². The van der Waals surface area contributed by atoms with Gasteiger partial charge in [0.2, 0.25) is 0 Å². The second kappa shape index (κ2) is 7.91. The smallest absolute Gasteiger partial charge is 0.0642 e. The summed E-state index contributed by atoms with van der Waals surface area (Å²) in [6.07, 6.45) is 14.5. The minimum atomic E-state index is -0.532. The molecule has 0 saturated heterocycles. The Morgan fingerprint density at radius 1 is 1.07 bits per heavy atom. The molecule has 4 aliphatic carbocycles. The standard InChI is InChI=1S/C28H48O2/c1-18(2)28(6,30)16-11-19(3)23-9-10-24-22-8-7-20-17-21(29)12-14-26(20,4)25(22)13-15-27(23,24)5/h7,18-19,21-25,29-30H,8-17H2,1-6H3/t19-,21+,22+,23-,24+,25+,26+,27-,28?/m1/s1. The first kappa shape index (κ1) is 22.8. The number of hydrogen-bond donors (Lipinski definition) is 2. The lowest BCUT2D eigenvalue weighted by molar-refractivity contribution is -0.0600. The van der Waals surface area contributed by atoms with E-state index in [0.717, 1.165) is 49.4 Å². The van der Waals surface area contributed by atoms with Gasteiger partial charge in [-0.25, -0.2) is 0 Å². The van der Waals surface area contributed by atoms with Crippen molar-refractivity contribution in [3.05, 3.63) is 11.6 Å². The maximum absolute atomic E-state index is 10.8. The molecule has 2 N–H and O–H groups in total. The van der Waals surface area contributed by atoms with E-state index in [-0.39, 0.29) is 6.10 Å². The number of fused-ring (bicyclic) bond motifs is 5. The maximum Gasteiger partial charge on any atom is 0.0642 e. The van der Waals surface area contributed by atoms with Crippen molar-refractivity contribution in [3.8, 4) is 0 Å². The van der Waals surface area contributed by atoms with E-state index < -0.39 is 5.60 Å². The largest absolute Gasteiger partial charge is 0.393 e. The Bertz CT molecular complexity index is 664. The molecular formula is C28H48O2. The van der Waals surface area contributed by atoms with Crippen LogP contribution in [0.3, 0.4) is 0 Å². The fourth-order valence-corrected chi connectivity index (χ4v) is 8.63. The minimum Gasteiger partial charge on any atom is -0.393 e. The van der Waals surface area contributed by atoms with Crippen LogP contribution in [0.15, 0.2) is 11.6 Å². The van der Waals surface area contributed by atoms with Gasteiger partial charge >= 0.3 is 0 Å². The molecule has 0 amide bonds. The van der Waals surface area contributed by atoms with Gasteiger partial charge in [-0.1, -0.05) is 46.3 Å². The highest BCUT2D eigenvalue weighted by Crippen LogP contribution is 2.67. The quantitative estimate of drug-likeness (QED) is 0.487. The predicted octanol–water partition coefficient (Wildman–Crippen LogP) is 6.75. The number of rotatable bonds is 5. The van der Waals surface area contributed by atoms with Gasteiger partial charge in [-0.15, -0.1) is 0 Å². The third-order valence-electron chi connectivity index (χ3n) is 11.2. The molecule has 0 aromatic rings. The normalized spacial score (nSPS) is 46.4. The molecule has 30 heavy (non-hydrogen) atoms. The van der Waals surface area contributed by atoms with Gasteiger partial charge < -0.3 is 10.2 Å². The molecule has 4 aliphatic rings. The average Bonchev–Trinajstić information content (AvgIpc) is 3.04. The summed E-state index contributed by atoms with van der Waals surface area (Å²) >= 11 is 0. The number of aliphatic hydroxyl groups excluding tert-OH is 1. The topological polar surface area (TPSA) is 40.5 Å². The summed E-state index contributed by atoms with van der Waals surface area (Å²) < 4.78 is 0. The van der Waals surface area contributed by atoms with Gasteiger partial charge in [0, 0.05) is 0 Å². The molecule has 2 heteroatoms. The summed E-state index contributed by atoms with van der Waals surface area (Å²) in [5.74, 6) is 4.40. The third kappa shape index (κ3) is 3.62. The Morgan fingerprint density at radius 3 is 2.50 bits per heavy atom. The zero-order valence-electron chi connectivity index (χ0n) is 20.6. The lowest BCUT2D eigenvalue weighted by atomic mass is 9.47. The Hall–Kier alpha value is -0.340. The summed E-state index contributed by atoms with van der Waals surface area (Å²) in [4.78, 5) is 0. The highest BCUT2D eigenvalue weighted by molar-refractivity contribution is 5.25. The van der Waals surface area contributed by atoms with E-state index >= 15 is 0 Å². The van der Waals surface area contributed by atoms with Gasteiger partial charge in [0.25, 0.3) is 0 Å². The van der Waals surface area contributed by atoms with E-state index in [4.69, 9.17) is 0 Å². The first-order chi connectivity index (χ1) is 14.0. The Morgan fingerprint density at radius 2 is 1.80 bits per heavy atom. The fourth-order valence-electron chi connectivity index (χ4n) is 8.63. The van der Waals surface area contributed by atoms with Crippen molar-refractivity contribution in [1.82, 2.24) is 0 Å². The molecular weight excluding hydrogens is 368 g/mol. The van der Waals surface area contributed by atoms with Crippen LogP contribution >= 0.6 is 0 Å². The van der Waals surface area contributed by atoms with Crippen LogP contribution < -0.4 is 0 Å². The summed E-state index contributed by atoms with van der Waals surface area (Å²) in [5, 5.41) is 21.0. The molecule has 172 valence electrons. The van der Waals surface area contributed by atoms with Gasteiger partial charge in [-0.2, -0.15) is 0 Å². The lowest BCUT2D eigenvalue weighted by Crippen LogP contribution is -2.50. The van der Waals surface area contributed by atoms with Crippen LogP contribution in [0.4, 0.5) is 0 Å². The summed E-state index contributed by atoms with van der Waals surface area (Å²) in [5.41, 5.74) is 1.89. The number of hydrogen-bond acceptors (Lipinski definition) is 2. The van der Waals surface area contributed by atoms with Crippen LogP contribution in [-0.4, -0.2) is 21.9 Å². The van der Waals surface area contributed by atoms with Crippen molar-refractivity contribution in [3.63, 3.8) is 0 Å². The van der Waals surface area contributed by atoms with Crippen LogP contribution in [0, 0.1) is 46.3 Å². The van der Waals surface area contributed by atoms with Gasteiger partial charge in [-0.3, -0.25) is 0 Å². The van der Waals surface area contributed by atoms with Crippen LogP contribution in [0.5, 0.6) is 0 Å². The van der Waals surface area contributed by atoms with Crippen molar-refractivity contribution in [1.29, 1.82) is 0 Å². The molecule has 0 aliphatic heterocycles.